The lowest BCUT2D eigenvalue weighted by Crippen LogP contribution is -2.50. The Labute approximate surface area is 182 Å². The summed E-state index contributed by atoms with van der Waals surface area (Å²) in [6, 6.07) is 13.3. The van der Waals surface area contributed by atoms with E-state index in [2.05, 4.69) is 5.32 Å². The molecule has 2 rings (SSSR count). The maximum absolute atomic E-state index is 13.2. The first kappa shape index (κ1) is 23.7. The fourth-order valence-electron chi connectivity index (χ4n) is 3.03. The van der Waals surface area contributed by atoms with Crippen molar-refractivity contribution in [1.29, 1.82) is 0 Å². The third kappa shape index (κ3) is 5.73. The van der Waals surface area contributed by atoms with Gasteiger partial charge in [-0.2, -0.15) is 0 Å². The van der Waals surface area contributed by atoms with Crippen LogP contribution in [0.1, 0.15) is 18.1 Å². The lowest BCUT2D eigenvalue weighted by atomic mass is 10.1. The molecule has 0 aliphatic carbocycles. The zero-order valence-electron chi connectivity index (χ0n) is 17.4. The lowest BCUT2D eigenvalue weighted by Gasteiger charge is -2.31. The summed E-state index contributed by atoms with van der Waals surface area (Å²) in [6.45, 7) is 3.01. The molecule has 7 nitrogen and oxygen atoms in total. The smallest absolute Gasteiger partial charge is 0.244 e. The Morgan fingerprint density at radius 1 is 1.10 bits per heavy atom. The van der Waals surface area contributed by atoms with Gasteiger partial charge in [-0.15, -0.1) is 0 Å². The highest BCUT2D eigenvalue weighted by Gasteiger charge is 2.30. The van der Waals surface area contributed by atoms with E-state index in [1.807, 2.05) is 30.3 Å². The first-order valence-electron chi connectivity index (χ1n) is 9.34. The number of sulfonamides is 1. The molecule has 0 radical (unpaired) electrons. The second-order valence-electron chi connectivity index (χ2n) is 6.95. The Balaban J connectivity index is 2.41. The van der Waals surface area contributed by atoms with Crippen LogP contribution < -0.4 is 9.62 Å². The van der Waals surface area contributed by atoms with E-state index in [4.69, 9.17) is 11.6 Å². The highest BCUT2D eigenvalue weighted by Crippen LogP contribution is 2.28. The van der Waals surface area contributed by atoms with Crippen LogP contribution >= 0.6 is 11.6 Å². The molecule has 0 saturated carbocycles. The zero-order chi connectivity index (χ0) is 22.5. The Hall–Kier alpha value is -2.58. The van der Waals surface area contributed by atoms with Gasteiger partial charge >= 0.3 is 0 Å². The summed E-state index contributed by atoms with van der Waals surface area (Å²) >= 11 is 6.16. The normalized spacial score (nSPS) is 12.2. The van der Waals surface area contributed by atoms with Crippen LogP contribution in [0, 0.1) is 6.92 Å². The molecule has 0 spiro atoms. The number of nitrogens with zero attached hydrogens (tertiary/aromatic N) is 2. The van der Waals surface area contributed by atoms with Crippen LogP contribution in [-0.4, -0.2) is 51.0 Å². The molecular weight excluding hydrogens is 426 g/mol. The molecule has 0 fully saturated rings. The van der Waals surface area contributed by atoms with Crippen molar-refractivity contribution in [3.8, 4) is 0 Å². The van der Waals surface area contributed by atoms with Gasteiger partial charge in [-0.3, -0.25) is 13.9 Å². The number of carbonyl (C=O) groups excluding carboxylic acids is 2. The molecule has 0 aliphatic rings. The van der Waals surface area contributed by atoms with Crippen LogP contribution in [0.4, 0.5) is 5.69 Å². The van der Waals surface area contributed by atoms with Crippen molar-refractivity contribution in [2.75, 3.05) is 24.2 Å². The van der Waals surface area contributed by atoms with Crippen LogP contribution in [-0.2, 0) is 26.2 Å². The quantitative estimate of drug-likeness (QED) is 0.668. The predicted octanol–water partition coefficient (Wildman–Crippen LogP) is 2.58. The monoisotopic (exact) mass is 451 g/mol. The van der Waals surface area contributed by atoms with Gasteiger partial charge in [0.2, 0.25) is 21.8 Å². The number of likely N-dealkylation sites (N-methyl/N-ethyl adjacent to an activating group) is 1. The van der Waals surface area contributed by atoms with E-state index < -0.39 is 28.5 Å². The topological polar surface area (TPSA) is 86.8 Å². The minimum Gasteiger partial charge on any atom is -0.357 e. The average Bonchev–Trinajstić information content (AvgIpc) is 2.71. The van der Waals surface area contributed by atoms with Gasteiger partial charge in [0.1, 0.15) is 12.6 Å². The molecule has 0 aromatic heterocycles. The number of hydrogen-bond donors (Lipinski definition) is 1. The minimum atomic E-state index is -3.78. The molecule has 0 heterocycles. The highest BCUT2D eigenvalue weighted by molar-refractivity contribution is 7.92. The van der Waals surface area contributed by atoms with Crippen molar-refractivity contribution in [2.45, 2.75) is 26.4 Å². The van der Waals surface area contributed by atoms with Crippen LogP contribution in [0.2, 0.25) is 5.02 Å². The molecular formula is C21H26ClN3O4S. The molecule has 2 aromatic rings. The van der Waals surface area contributed by atoms with E-state index in [-0.39, 0.29) is 12.5 Å². The van der Waals surface area contributed by atoms with Gasteiger partial charge in [-0.25, -0.2) is 8.42 Å². The molecule has 162 valence electrons. The van der Waals surface area contributed by atoms with Crippen LogP contribution in [0.3, 0.4) is 0 Å². The fraction of sp³-hybridized carbons (Fsp3) is 0.333. The molecule has 1 atom stereocenters. The van der Waals surface area contributed by atoms with Gasteiger partial charge in [0.15, 0.2) is 0 Å². The Morgan fingerprint density at radius 2 is 1.73 bits per heavy atom. The standard InChI is InChI=1S/C21H26ClN3O4S/c1-15-18(22)11-8-12-19(15)25(30(4,28)29)14-20(26)24(16(2)21(27)23-3)13-17-9-6-5-7-10-17/h5-12,16H,13-14H2,1-4H3,(H,23,27). The number of amides is 2. The van der Waals surface area contributed by atoms with Crippen molar-refractivity contribution >= 4 is 39.1 Å². The number of benzene rings is 2. The Kier molecular flexibility index (Phi) is 7.86. The second kappa shape index (κ2) is 9.95. The van der Waals surface area contributed by atoms with Crippen LogP contribution in [0.5, 0.6) is 0 Å². The first-order valence-corrected chi connectivity index (χ1v) is 11.6. The minimum absolute atomic E-state index is 0.167. The lowest BCUT2D eigenvalue weighted by molar-refractivity contribution is -0.139. The van der Waals surface area contributed by atoms with E-state index in [1.165, 1.54) is 11.9 Å². The SMILES string of the molecule is CNC(=O)C(C)N(Cc1ccccc1)C(=O)CN(c1cccc(Cl)c1C)S(C)(=O)=O. The summed E-state index contributed by atoms with van der Waals surface area (Å²) in [5, 5.41) is 2.93. The van der Waals surface area contributed by atoms with Crippen molar-refractivity contribution in [3.63, 3.8) is 0 Å². The maximum atomic E-state index is 13.2. The highest BCUT2D eigenvalue weighted by atomic mass is 35.5. The van der Waals surface area contributed by atoms with Gasteiger partial charge in [-0.05, 0) is 37.1 Å². The predicted molar refractivity (Wildman–Crippen MR) is 119 cm³/mol. The van der Waals surface area contributed by atoms with Gasteiger partial charge < -0.3 is 10.2 Å². The molecule has 1 N–H and O–H groups in total. The second-order valence-corrected chi connectivity index (χ2v) is 9.27. The van der Waals surface area contributed by atoms with E-state index in [0.717, 1.165) is 16.1 Å². The third-order valence-corrected chi connectivity index (χ3v) is 6.33. The molecule has 30 heavy (non-hydrogen) atoms. The third-order valence-electron chi connectivity index (χ3n) is 4.80. The molecule has 2 amide bonds. The maximum Gasteiger partial charge on any atom is 0.244 e. The molecule has 0 saturated heterocycles. The van der Waals surface area contributed by atoms with Gasteiger partial charge in [-0.1, -0.05) is 48.0 Å². The summed E-state index contributed by atoms with van der Waals surface area (Å²) in [4.78, 5) is 26.9. The van der Waals surface area contributed by atoms with E-state index in [9.17, 15) is 18.0 Å². The molecule has 0 bridgehead atoms. The van der Waals surface area contributed by atoms with E-state index in [1.54, 1.807) is 32.0 Å². The van der Waals surface area contributed by atoms with Crippen molar-refractivity contribution in [2.24, 2.45) is 0 Å². The molecule has 0 aliphatic heterocycles. The van der Waals surface area contributed by atoms with Crippen LogP contribution in [0.25, 0.3) is 0 Å². The molecule has 2 aromatic carbocycles. The van der Waals surface area contributed by atoms with Gasteiger partial charge in [0, 0.05) is 18.6 Å². The first-order chi connectivity index (χ1) is 14.1. The number of anilines is 1. The molecule has 9 heteroatoms. The number of rotatable bonds is 8. The van der Waals surface area contributed by atoms with Crippen LogP contribution in [0.15, 0.2) is 48.5 Å². The van der Waals surface area contributed by atoms with Crippen molar-refractivity contribution in [3.05, 3.63) is 64.7 Å². The molecule has 1 unspecified atom stereocenters. The Bertz CT molecular complexity index is 1010. The summed E-state index contributed by atoms with van der Waals surface area (Å²) in [5.74, 6) is -0.844. The summed E-state index contributed by atoms with van der Waals surface area (Å²) < 4.78 is 26.0. The number of halogens is 1. The summed E-state index contributed by atoms with van der Waals surface area (Å²) in [6.07, 6.45) is 1.03. The van der Waals surface area contributed by atoms with Gasteiger partial charge in [0.25, 0.3) is 0 Å². The average molecular weight is 452 g/mol. The Morgan fingerprint density at radius 3 is 2.30 bits per heavy atom. The van der Waals surface area contributed by atoms with E-state index in [0.29, 0.717) is 16.3 Å². The largest absolute Gasteiger partial charge is 0.357 e. The fourth-order valence-corrected chi connectivity index (χ4v) is 4.10. The zero-order valence-corrected chi connectivity index (χ0v) is 19.0. The van der Waals surface area contributed by atoms with Crippen molar-refractivity contribution < 1.29 is 18.0 Å². The van der Waals surface area contributed by atoms with Gasteiger partial charge in [0.05, 0.1) is 11.9 Å². The summed E-state index contributed by atoms with van der Waals surface area (Å²) in [5.41, 5.74) is 1.70. The number of nitrogens with one attached hydrogen (secondary N) is 1. The van der Waals surface area contributed by atoms with Crippen molar-refractivity contribution in [1.82, 2.24) is 10.2 Å². The number of hydrogen-bond acceptors (Lipinski definition) is 4. The summed E-state index contributed by atoms with van der Waals surface area (Å²) in [7, 11) is -2.30. The van der Waals surface area contributed by atoms with E-state index >= 15 is 0 Å². The number of carbonyl (C=O) groups is 2.